The van der Waals surface area contributed by atoms with Gasteiger partial charge in [0.2, 0.25) is 0 Å². The minimum absolute atomic E-state index is 0.242. The van der Waals surface area contributed by atoms with Crippen molar-refractivity contribution < 1.29 is 9.53 Å². The molecule has 0 unspecified atom stereocenters. The second-order valence-corrected chi connectivity index (χ2v) is 6.41. The highest BCUT2D eigenvalue weighted by atomic mass is 35.5. The number of nitrogen functional groups attached to an aromatic ring is 1. The smallest absolute Gasteiger partial charge is 0.408 e. The molecule has 116 valence electrons. The van der Waals surface area contributed by atoms with Crippen molar-refractivity contribution in [3.63, 3.8) is 0 Å². The number of hydrogen-bond acceptors (Lipinski definition) is 3. The van der Waals surface area contributed by atoms with E-state index in [1.807, 2.05) is 51.1 Å². The van der Waals surface area contributed by atoms with Gasteiger partial charge in [-0.25, -0.2) is 4.79 Å². The molecule has 4 nitrogen and oxygen atoms in total. The van der Waals surface area contributed by atoms with Crippen LogP contribution in [0.15, 0.2) is 42.5 Å². The maximum absolute atomic E-state index is 11.8. The van der Waals surface area contributed by atoms with Crippen molar-refractivity contribution in [1.82, 2.24) is 5.32 Å². The molecule has 0 aromatic heterocycles. The summed E-state index contributed by atoms with van der Waals surface area (Å²) < 4.78 is 5.23. The number of carbonyl (C=O) groups excluding carboxylic acids is 1. The van der Waals surface area contributed by atoms with Crippen LogP contribution in [0.25, 0.3) is 11.1 Å². The zero-order valence-corrected chi connectivity index (χ0v) is 13.6. The molecule has 3 N–H and O–H groups in total. The molecule has 0 spiro atoms. The van der Waals surface area contributed by atoms with Crippen molar-refractivity contribution in [3.8, 4) is 16.9 Å². The molecule has 1 amide bonds. The van der Waals surface area contributed by atoms with Gasteiger partial charge in [0, 0.05) is 17.2 Å². The number of carbonyl (C=O) groups is 1. The second kappa shape index (κ2) is 6.28. The van der Waals surface area contributed by atoms with Gasteiger partial charge in [0.15, 0.2) is 5.75 Å². The Bertz CT molecular complexity index is 679. The summed E-state index contributed by atoms with van der Waals surface area (Å²) in [5.74, 6) is 0.242. The third kappa shape index (κ3) is 4.15. The van der Waals surface area contributed by atoms with Crippen molar-refractivity contribution in [1.29, 1.82) is 0 Å². The monoisotopic (exact) mass is 318 g/mol. The largest absolute Gasteiger partial charge is 0.413 e. The number of anilines is 1. The molecule has 2 rings (SSSR count). The van der Waals surface area contributed by atoms with E-state index < -0.39 is 6.09 Å². The van der Waals surface area contributed by atoms with Crippen LogP contribution < -0.4 is 15.8 Å². The first-order valence-corrected chi connectivity index (χ1v) is 7.28. The van der Waals surface area contributed by atoms with E-state index in [2.05, 4.69) is 5.32 Å². The van der Waals surface area contributed by atoms with Crippen molar-refractivity contribution in [3.05, 3.63) is 47.5 Å². The zero-order valence-electron chi connectivity index (χ0n) is 12.8. The normalized spacial score (nSPS) is 11.1. The fourth-order valence-corrected chi connectivity index (χ4v) is 2.19. The summed E-state index contributed by atoms with van der Waals surface area (Å²) in [6, 6.07) is 12.9. The molecule has 0 bridgehead atoms. The Morgan fingerprint density at radius 3 is 2.41 bits per heavy atom. The first-order valence-electron chi connectivity index (χ1n) is 6.91. The fraction of sp³-hybridized carbons (Fsp3) is 0.235. The summed E-state index contributed by atoms with van der Waals surface area (Å²) in [5, 5.41) is 3.17. The van der Waals surface area contributed by atoms with Gasteiger partial charge in [-0.2, -0.15) is 0 Å². The third-order valence-electron chi connectivity index (χ3n) is 2.86. The minimum Gasteiger partial charge on any atom is -0.408 e. The first-order chi connectivity index (χ1) is 10.3. The molecule has 0 radical (unpaired) electrons. The Hall–Kier alpha value is -2.20. The Balaban J connectivity index is 2.26. The summed E-state index contributed by atoms with van der Waals surface area (Å²) in [5.41, 5.74) is 7.68. The van der Waals surface area contributed by atoms with E-state index in [-0.39, 0.29) is 11.3 Å². The molecular weight excluding hydrogens is 300 g/mol. The quantitative estimate of drug-likeness (QED) is 0.803. The molecule has 0 heterocycles. The van der Waals surface area contributed by atoms with E-state index in [9.17, 15) is 4.79 Å². The average molecular weight is 319 g/mol. The lowest BCUT2D eigenvalue weighted by Gasteiger charge is -2.20. The van der Waals surface area contributed by atoms with Crippen LogP contribution in [0.1, 0.15) is 20.8 Å². The van der Waals surface area contributed by atoms with Crippen molar-refractivity contribution >= 4 is 23.4 Å². The van der Waals surface area contributed by atoms with Gasteiger partial charge in [0.05, 0.1) is 10.7 Å². The van der Waals surface area contributed by atoms with Crippen molar-refractivity contribution in [2.24, 2.45) is 0 Å². The van der Waals surface area contributed by atoms with Crippen molar-refractivity contribution in [2.45, 2.75) is 26.3 Å². The number of amides is 1. The van der Waals surface area contributed by atoms with E-state index >= 15 is 0 Å². The van der Waals surface area contributed by atoms with Crippen LogP contribution in [-0.4, -0.2) is 11.6 Å². The van der Waals surface area contributed by atoms with Crippen LogP contribution in [0.5, 0.6) is 5.75 Å². The van der Waals surface area contributed by atoms with E-state index in [4.69, 9.17) is 22.1 Å². The van der Waals surface area contributed by atoms with Crippen LogP contribution in [-0.2, 0) is 0 Å². The van der Waals surface area contributed by atoms with Gasteiger partial charge in [0.1, 0.15) is 0 Å². The average Bonchev–Trinajstić information content (AvgIpc) is 2.41. The highest BCUT2D eigenvalue weighted by Gasteiger charge is 2.17. The SMILES string of the molecule is CC(C)(C)NC(=O)Oc1cc(Cl)c(-c2ccccc2)cc1N. The Morgan fingerprint density at radius 1 is 1.18 bits per heavy atom. The number of ether oxygens (including phenoxy) is 1. The highest BCUT2D eigenvalue weighted by molar-refractivity contribution is 6.33. The molecule has 0 aliphatic rings. The Kier molecular flexibility index (Phi) is 4.62. The number of rotatable bonds is 2. The van der Waals surface area contributed by atoms with Gasteiger partial charge in [0.25, 0.3) is 0 Å². The van der Waals surface area contributed by atoms with Crippen molar-refractivity contribution in [2.75, 3.05) is 5.73 Å². The van der Waals surface area contributed by atoms with Gasteiger partial charge < -0.3 is 15.8 Å². The Labute approximate surface area is 135 Å². The lowest BCUT2D eigenvalue weighted by atomic mass is 10.0. The van der Waals surface area contributed by atoms with Gasteiger partial charge in [-0.05, 0) is 32.4 Å². The van der Waals surface area contributed by atoms with E-state index in [0.717, 1.165) is 11.1 Å². The topological polar surface area (TPSA) is 64.3 Å². The molecule has 0 atom stereocenters. The predicted octanol–water partition coefficient (Wildman–Crippen LogP) is 4.48. The Morgan fingerprint density at radius 2 is 1.82 bits per heavy atom. The number of benzene rings is 2. The third-order valence-corrected chi connectivity index (χ3v) is 3.18. The molecule has 2 aromatic carbocycles. The fourth-order valence-electron chi connectivity index (χ4n) is 1.93. The number of nitrogens with two attached hydrogens (primary N) is 1. The zero-order chi connectivity index (χ0) is 16.3. The summed E-state index contributed by atoms with van der Waals surface area (Å²) >= 11 is 6.29. The lowest BCUT2D eigenvalue weighted by Crippen LogP contribution is -2.42. The van der Waals surface area contributed by atoms with Gasteiger partial charge >= 0.3 is 6.09 Å². The van der Waals surface area contributed by atoms with Crippen LogP contribution in [0.2, 0.25) is 5.02 Å². The molecule has 0 aliphatic heterocycles. The molecule has 5 heteroatoms. The van der Waals surface area contributed by atoms with Gasteiger partial charge in [-0.15, -0.1) is 0 Å². The maximum atomic E-state index is 11.8. The van der Waals surface area contributed by atoms with Gasteiger partial charge in [-0.1, -0.05) is 41.9 Å². The van der Waals surface area contributed by atoms with Crippen LogP contribution in [0, 0.1) is 0 Å². The molecular formula is C17H19ClN2O2. The summed E-state index contributed by atoms with van der Waals surface area (Å²) in [6.07, 6.45) is -0.567. The first kappa shape index (κ1) is 16.2. The number of nitrogens with one attached hydrogen (secondary N) is 1. The van der Waals surface area contributed by atoms with Crippen LogP contribution in [0.3, 0.4) is 0 Å². The number of hydrogen-bond donors (Lipinski definition) is 2. The minimum atomic E-state index is -0.567. The molecule has 0 aliphatic carbocycles. The lowest BCUT2D eigenvalue weighted by molar-refractivity contribution is 0.191. The van der Waals surface area contributed by atoms with E-state index in [1.54, 1.807) is 12.1 Å². The second-order valence-electron chi connectivity index (χ2n) is 6.00. The molecule has 0 saturated heterocycles. The molecule has 0 saturated carbocycles. The number of halogens is 1. The summed E-state index contributed by atoms with van der Waals surface area (Å²) in [7, 11) is 0. The molecule has 0 fully saturated rings. The summed E-state index contributed by atoms with van der Waals surface area (Å²) in [6.45, 7) is 5.59. The highest BCUT2D eigenvalue weighted by Crippen LogP contribution is 2.35. The summed E-state index contributed by atoms with van der Waals surface area (Å²) in [4.78, 5) is 11.8. The van der Waals surface area contributed by atoms with E-state index in [0.29, 0.717) is 10.7 Å². The predicted molar refractivity (Wildman–Crippen MR) is 90.2 cm³/mol. The molecule has 2 aromatic rings. The van der Waals surface area contributed by atoms with Gasteiger partial charge in [-0.3, -0.25) is 0 Å². The maximum Gasteiger partial charge on any atom is 0.413 e. The molecule has 22 heavy (non-hydrogen) atoms. The van der Waals surface area contributed by atoms with Crippen LogP contribution in [0.4, 0.5) is 10.5 Å². The van der Waals surface area contributed by atoms with E-state index in [1.165, 1.54) is 0 Å². The van der Waals surface area contributed by atoms with Crippen LogP contribution >= 0.6 is 11.6 Å². The standard InChI is InChI=1S/C17H19ClN2O2/c1-17(2,3)20-16(21)22-15-10-13(18)12(9-14(15)19)11-7-5-4-6-8-11/h4-10H,19H2,1-3H3,(H,20,21).